The van der Waals surface area contributed by atoms with Crippen molar-refractivity contribution in [2.45, 2.75) is 33.3 Å². The highest BCUT2D eigenvalue weighted by molar-refractivity contribution is 14.0. The number of para-hydroxylation sites is 1. The van der Waals surface area contributed by atoms with Crippen LogP contribution in [0.5, 0.6) is 0 Å². The number of hydrogen-bond acceptors (Lipinski definition) is 5. The maximum absolute atomic E-state index is 12.5. The van der Waals surface area contributed by atoms with Crippen LogP contribution in [0.25, 0.3) is 0 Å². The number of sulfonamides is 1. The summed E-state index contributed by atoms with van der Waals surface area (Å²) in [6.07, 6.45) is 0.965. The largest absolute Gasteiger partial charge is 0.385 e. The van der Waals surface area contributed by atoms with E-state index in [1.165, 1.54) is 0 Å². The molecule has 1 saturated heterocycles. The Morgan fingerprint density at radius 3 is 2.45 bits per heavy atom. The Morgan fingerprint density at radius 2 is 1.84 bits per heavy atom. The van der Waals surface area contributed by atoms with Gasteiger partial charge in [0, 0.05) is 51.5 Å². The molecule has 8 nitrogen and oxygen atoms in total. The first-order chi connectivity index (χ1) is 14.4. The number of benzene rings is 1. The first-order valence-corrected chi connectivity index (χ1v) is 12.4. The van der Waals surface area contributed by atoms with Crippen molar-refractivity contribution in [3.05, 3.63) is 30.3 Å². The van der Waals surface area contributed by atoms with Crippen LogP contribution >= 0.6 is 24.0 Å². The van der Waals surface area contributed by atoms with Crippen molar-refractivity contribution in [3.8, 4) is 0 Å². The third kappa shape index (κ3) is 10.4. The quantitative estimate of drug-likeness (QED) is 0.185. The van der Waals surface area contributed by atoms with Crippen molar-refractivity contribution in [1.29, 1.82) is 0 Å². The number of nitrogens with zero attached hydrogens (tertiary/aromatic N) is 3. The van der Waals surface area contributed by atoms with E-state index in [9.17, 15) is 8.42 Å². The second kappa shape index (κ2) is 14.9. The van der Waals surface area contributed by atoms with Crippen LogP contribution in [0, 0.1) is 0 Å². The van der Waals surface area contributed by atoms with Crippen molar-refractivity contribution >= 4 is 45.6 Å². The predicted octanol–water partition coefficient (Wildman–Crippen LogP) is 2.44. The summed E-state index contributed by atoms with van der Waals surface area (Å²) in [7, 11) is -3.28. The first kappa shape index (κ1) is 27.9. The summed E-state index contributed by atoms with van der Waals surface area (Å²) in [6, 6.07) is 10.1. The van der Waals surface area contributed by atoms with Gasteiger partial charge in [-0.1, -0.05) is 18.2 Å². The fourth-order valence-corrected chi connectivity index (χ4v) is 4.46. The van der Waals surface area contributed by atoms with Crippen LogP contribution in [0.15, 0.2) is 35.3 Å². The predicted molar refractivity (Wildman–Crippen MR) is 139 cm³/mol. The molecule has 1 aliphatic rings. The van der Waals surface area contributed by atoms with Gasteiger partial charge in [0.15, 0.2) is 5.96 Å². The zero-order valence-electron chi connectivity index (χ0n) is 18.9. The van der Waals surface area contributed by atoms with E-state index >= 15 is 0 Å². The molecule has 0 amide bonds. The average Bonchev–Trinajstić information content (AvgIpc) is 2.73. The third-order valence-electron chi connectivity index (χ3n) is 4.76. The van der Waals surface area contributed by atoms with Gasteiger partial charge in [-0.25, -0.2) is 8.42 Å². The SMILES string of the molecule is CCNC(=NCCCNc1ccccc1)N1CCN(S(=O)(=O)CCOC(C)C)CC1.I. The normalized spacial score (nSPS) is 15.6. The molecular weight excluding hydrogens is 529 g/mol. The fraction of sp³-hybridized carbons (Fsp3) is 0.667. The molecule has 1 aliphatic heterocycles. The van der Waals surface area contributed by atoms with E-state index in [4.69, 9.17) is 9.73 Å². The molecule has 0 aliphatic carbocycles. The topological polar surface area (TPSA) is 86.3 Å². The van der Waals surface area contributed by atoms with E-state index in [1.807, 2.05) is 39.0 Å². The lowest BCUT2D eigenvalue weighted by atomic mass is 10.3. The van der Waals surface area contributed by atoms with Crippen LogP contribution in [0.2, 0.25) is 0 Å². The molecule has 2 rings (SSSR count). The summed E-state index contributed by atoms with van der Waals surface area (Å²) in [5.74, 6) is 0.894. The van der Waals surface area contributed by atoms with Crippen LogP contribution in [0.4, 0.5) is 5.69 Å². The van der Waals surface area contributed by atoms with Gasteiger partial charge in [-0.3, -0.25) is 4.99 Å². The lowest BCUT2D eigenvalue weighted by Gasteiger charge is -2.36. The molecule has 0 atom stereocenters. The van der Waals surface area contributed by atoms with Crippen molar-refractivity contribution in [2.24, 2.45) is 4.99 Å². The number of ether oxygens (including phenoxy) is 1. The van der Waals surface area contributed by atoms with Gasteiger partial charge in [-0.05, 0) is 39.3 Å². The van der Waals surface area contributed by atoms with E-state index in [0.717, 1.165) is 31.2 Å². The standard InChI is InChI=1S/C21H37N5O3S.HI/c1-4-22-21(24-12-8-11-23-20-9-6-5-7-10-20)25-13-15-26(16-14-25)30(27,28)18-17-29-19(2)3;/h5-7,9-10,19,23H,4,8,11-18H2,1-3H3,(H,22,24);1H. The van der Waals surface area contributed by atoms with Gasteiger partial charge in [0.25, 0.3) is 0 Å². The number of piperazine rings is 1. The Labute approximate surface area is 204 Å². The number of anilines is 1. The monoisotopic (exact) mass is 567 g/mol. The minimum atomic E-state index is -3.28. The van der Waals surface area contributed by atoms with Gasteiger partial charge in [-0.2, -0.15) is 4.31 Å². The molecule has 10 heteroatoms. The molecule has 0 saturated carbocycles. The molecule has 1 fully saturated rings. The van der Waals surface area contributed by atoms with E-state index in [2.05, 4.69) is 27.7 Å². The van der Waals surface area contributed by atoms with Crippen LogP contribution < -0.4 is 10.6 Å². The van der Waals surface area contributed by atoms with Gasteiger partial charge >= 0.3 is 0 Å². The zero-order valence-corrected chi connectivity index (χ0v) is 22.1. The summed E-state index contributed by atoms with van der Waals surface area (Å²) in [5, 5.41) is 6.72. The maximum Gasteiger partial charge on any atom is 0.216 e. The zero-order chi connectivity index (χ0) is 21.8. The number of rotatable bonds is 11. The molecule has 31 heavy (non-hydrogen) atoms. The summed E-state index contributed by atoms with van der Waals surface area (Å²) < 4.78 is 32.0. The minimum absolute atomic E-state index is 0. The van der Waals surface area contributed by atoms with Gasteiger partial charge in [0.05, 0.1) is 18.5 Å². The first-order valence-electron chi connectivity index (χ1n) is 10.8. The van der Waals surface area contributed by atoms with Crippen LogP contribution in [-0.4, -0.2) is 87.9 Å². The Hall–Kier alpha value is -1.11. The summed E-state index contributed by atoms with van der Waals surface area (Å²) in [5.41, 5.74) is 1.12. The van der Waals surface area contributed by atoms with Crippen molar-refractivity contribution in [3.63, 3.8) is 0 Å². The van der Waals surface area contributed by atoms with Crippen LogP contribution in [-0.2, 0) is 14.8 Å². The van der Waals surface area contributed by atoms with Crippen molar-refractivity contribution in [2.75, 3.05) is 63.5 Å². The second-order valence-electron chi connectivity index (χ2n) is 7.50. The molecule has 1 heterocycles. The molecular formula is C21H38IN5O3S. The molecule has 0 spiro atoms. The van der Waals surface area contributed by atoms with Crippen LogP contribution in [0.3, 0.4) is 0 Å². The molecule has 1 aromatic carbocycles. The fourth-order valence-electron chi connectivity index (χ4n) is 3.17. The Morgan fingerprint density at radius 1 is 1.16 bits per heavy atom. The third-order valence-corrected chi connectivity index (χ3v) is 6.59. The Balaban J connectivity index is 0.00000480. The molecule has 0 aromatic heterocycles. The lowest BCUT2D eigenvalue weighted by molar-refractivity contribution is 0.0904. The Kier molecular flexibility index (Phi) is 13.4. The molecule has 178 valence electrons. The Bertz CT molecular complexity index is 739. The highest BCUT2D eigenvalue weighted by Gasteiger charge is 2.27. The molecule has 0 unspecified atom stereocenters. The molecule has 0 bridgehead atoms. The molecule has 1 aromatic rings. The van der Waals surface area contributed by atoms with E-state index in [0.29, 0.717) is 32.7 Å². The van der Waals surface area contributed by atoms with Crippen molar-refractivity contribution < 1.29 is 13.2 Å². The molecule has 2 N–H and O–H groups in total. The summed E-state index contributed by atoms with van der Waals surface area (Å²) in [6.45, 7) is 10.7. The highest BCUT2D eigenvalue weighted by atomic mass is 127. The van der Waals surface area contributed by atoms with Gasteiger partial charge < -0.3 is 20.3 Å². The summed E-state index contributed by atoms with van der Waals surface area (Å²) >= 11 is 0. The van der Waals surface area contributed by atoms with E-state index in [1.54, 1.807) is 4.31 Å². The van der Waals surface area contributed by atoms with E-state index < -0.39 is 10.0 Å². The minimum Gasteiger partial charge on any atom is -0.385 e. The number of halogens is 1. The smallest absolute Gasteiger partial charge is 0.216 e. The van der Waals surface area contributed by atoms with Crippen molar-refractivity contribution in [1.82, 2.24) is 14.5 Å². The van der Waals surface area contributed by atoms with E-state index in [-0.39, 0.29) is 42.4 Å². The number of aliphatic imine (C=N–C) groups is 1. The number of guanidine groups is 1. The highest BCUT2D eigenvalue weighted by Crippen LogP contribution is 2.09. The summed E-state index contributed by atoms with van der Waals surface area (Å²) in [4.78, 5) is 6.87. The lowest BCUT2D eigenvalue weighted by Crippen LogP contribution is -2.54. The molecule has 0 radical (unpaired) electrons. The van der Waals surface area contributed by atoms with Gasteiger partial charge in [0.2, 0.25) is 10.0 Å². The maximum atomic E-state index is 12.5. The average molecular weight is 568 g/mol. The van der Waals surface area contributed by atoms with Gasteiger partial charge in [0.1, 0.15) is 0 Å². The number of nitrogens with one attached hydrogen (secondary N) is 2. The van der Waals surface area contributed by atoms with Gasteiger partial charge in [-0.15, -0.1) is 24.0 Å². The second-order valence-corrected chi connectivity index (χ2v) is 9.59. The van der Waals surface area contributed by atoms with Crippen LogP contribution in [0.1, 0.15) is 27.2 Å². The number of hydrogen-bond donors (Lipinski definition) is 2.